The summed E-state index contributed by atoms with van der Waals surface area (Å²) in [7, 11) is -2.63. The van der Waals surface area contributed by atoms with Gasteiger partial charge in [0.2, 0.25) is 11.8 Å². The third kappa shape index (κ3) is 6.83. The van der Waals surface area contributed by atoms with Gasteiger partial charge in [0.05, 0.1) is 20.6 Å². The zero-order chi connectivity index (χ0) is 27.3. The van der Waals surface area contributed by atoms with Gasteiger partial charge in [-0.15, -0.1) is 0 Å². The number of benzene rings is 3. The number of amides is 2. The third-order valence-corrected chi connectivity index (χ3v) is 8.38. The summed E-state index contributed by atoms with van der Waals surface area (Å²) >= 11 is 12.2. The molecule has 37 heavy (non-hydrogen) atoms. The van der Waals surface area contributed by atoms with Crippen LogP contribution in [-0.2, 0) is 26.2 Å². The molecule has 3 rings (SSSR count). The molecule has 0 saturated carbocycles. The molecule has 10 heteroatoms. The van der Waals surface area contributed by atoms with Crippen LogP contribution in [0.4, 0.5) is 5.69 Å². The molecule has 0 saturated heterocycles. The summed E-state index contributed by atoms with van der Waals surface area (Å²) in [5.74, 6) is -0.946. The number of carbonyl (C=O) groups is 2. The van der Waals surface area contributed by atoms with E-state index in [0.717, 1.165) is 15.4 Å². The van der Waals surface area contributed by atoms with Crippen molar-refractivity contribution in [2.24, 2.45) is 0 Å². The molecule has 1 atom stereocenters. The second-order valence-corrected chi connectivity index (χ2v) is 11.4. The minimum absolute atomic E-state index is 0.0242. The Morgan fingerprint density at radius 3 is 2.11 bits per heavy atom. The van der Waals surface area contributed by atoms with Crippen molar-refractivity contribution in [1.29, 1.82) is 0 Å². The molecular formula is C27H29Cl2N3O4S. The van der Waals surface area contributed by atoms with Crippen molar-refractivity contribution in [2.45, 2.75) is 38.3 Å². The van der Waals surface area contributed by atoms with E-state index in [2.05, 4.69) is 5.32 Å². The molecule has 0 aliphatic rings. The van der Waals surface area contributed by atoms with Crippen molar-refractivity contribution in [3.63, 3.8) is 0 Å². The number of halogens is 2. The Morgan fingerprint density at radius 1 is 0.919 bits per heavy atom. The molecule has 0 unspecified atom stereocenters. The molecule has 0 radical (unpaired) electrons. The Hall–Kier alpha value is -3.07. The molecule has 0 aliphatic heterocycles. The van der Waals surface area contributed by atoms with Crippen molar-refractivity contribution in [2.75, 3.05) is 17.9 Å². The van der Waals surface area contributed by atoms with Gasteiger partial charge in [0.25, 0.3) is 10.0 Å². The van der Waals surface area contributed by atoms with Gasteiger partial charge < -0.3 is 10.2 Å². The summed E-state index contributed by atoms with van der Waals surface area (Å²) in [5.41, 5.74) is 2.70. The van der Waals surface area contributed by atoms with Crippen molar-refractivity contribution in [1.82, 2.24) is 10.2 Å². The molecule has 1 N–H and O–H groups in total. The van der Waals surface area contributed by atoms with E-state index in [1.54, 1.807) is 55.5 Å². The number of aryl methyl sites for hydroxylation is 2. The highest BCUT2D eigenvalue weighted by Crippen LogP contribution is 2.27. The van der Waals surface area contributed by atoms with Crippen molar-refractivity contribution in [3.8, 4) is 0 Å². The Balaban J connectivity index is 2.06. The van der Waals surface area contributed by atoms with E-state index in [1.165, 1.54) is 24.1 Å². The van der Waals surface area contributed by atoms with E-state index in [0.29, 0.717) is 21.3 Å². The summed E-state index contributed by atoms with van der Waals surface area (Å²) < 4.78 is 28.6. The Kier molecular flexibility index (Phi) is 9.23. The summed E-state index contributed by atoms with van der Waals surface area (Å²) in [6.07, 6.45) is 0. The summed E-state index contributed by atoms with van der Waals surface area (Å²) in [6.45, 7) is 4.81. The first kappa shape index (κ1) is 28.5. The zero-order valence-corrected chi connectivity index (χ0v) is 23.4. The van der Waals surface area contributed by atoms with Gasteiger partial charge in [-0.05, 0) is 73.9 Å². The van der Waals surface area contributed by atoms with Crippen LogP contribution in [0, 0.1) is 13.8 Å². The predicted molar refractivity (Wildman–Crippen MR) is 147 cm³/mol. The lowest BCUT2D eigenvalue weighted by Gasteiger charge is -2.32. The van der Waals surface area contributed by atoms with Crippen LogP contribution in [0.2, 0.25) is 10.0 Å². The molecule has 0 aromatic heterocycles. The van der Waals surface area contributed by atoms with Crippen LogP contribution < -0.4 is 9.62 Å². The molecule has 7 nitrogen and oxygen atoms in total. The monoisotopic (exact) mass is 561 g/mol. The summed E-state index contributed by atoms with van der Waals surface area (Å²) in [4.78, 5) is 27.7. The lowest BCUT2D eigenvalue weighted by atomic mass is 10.1. The maximum Gasteiger partial charge on any atom is 0.264 e. The van der Waals surface area contributed by atoms with Crippen LogP contribution in [-0.4, -0.2) is 44.8 Å². The molecule has 3 aromatic rings. The second-order valence-electron chi connectivity index (χ2n) is 8.73. The van der Waals surface area contributed by atoms with Crippen LogP contribution in [0.25, 0.3) is 0 Å². The molecule has 0 heterocycles. The van der Waals surface area contributed by atoms with E-state index < -0.39 is 34.4 Å². The number of sulfonamides is 1. The van der Waals surface area contributed by atoms with Gasteiger partial charge in [0, 0.05) is 13.6 Å². The van der Waals surface area contributed by atoms with Gasteiger partial charge in [0.15, 0.2) is 0 Å². The SMILES string of the molecule is CNC(=O)[C@H](C)N(Cc1ccc(Cl)c(Cl)c1)C(=O)CN(c1cc(C)cc(C)c1)S(=O)(=O)c1ccccc1. The number of rotatable bonds is 9. The number of likely N-dealkylation sites (N-methyl/N-ethyl adjacent to an activating group) is 1. The molecule has 0 bridgehead atoms. The van der Waals surface area contributed by atoms with E-state index in [-0.39, 0.29) is 11.4 Å². The normalized spacial score (nSPS) is 12.1. The molecule has 196 valence electrons. The van der Waals surface area contributed by atoms with Gasteiger partial charge in [-0.2, -0.15) is 0 Å². The van der Waals surface area contributed by atoms with Crippen molar-refractivity contribution >= 4 is 50.7 Å². The first-order chi connectivity index (χ1) is 17.4. The topological polar surface area (TPSA) is 86.8 Å². The van der Waals surface area contributed by atoms with E-state index in [1.807, 2.05) is 19.9 Å². The van der Waals surface area contributed by atoms with Gasteiger partial charge in [-0.25, -0.2) is 8.42 Å². The molecule has 0 spiro atoms. The summed E-state index contributed by atoms with van der Waals surface area (Å²) in [5, 5.41) is 3.22. The largest absolute Gasteiger partial charge is 0.357 e. The first-order valence-corrected chi connectivity index (χ1v) is 13.7. The van der Waals surface area contributed by atoms with Gasteiger partial charge in [-0.3, -0.25) is 13.9 Å². The fraction of sp³-hybridized carbons (Fsp3) is 0.259. The lowest BCUT2D eigenvalue weighted by Crippen LogP contribution is -2.50. The van der Waals surface area contributed by atoms with Gasteiger partial charge >= 0.3 is 0 Å². The highest BCUT2D eigenvalue weighted by atomic mass is 35.5. The lowest BCUT2D eigenvalue weighted by molar-refractivity contribution is -0.139. The van der Waals surface area contributed by atoms with Gasteiger partial charge in [0.1, 0.15) is 12.6 Å². The standard InChI is InChI=1S/C27H29Cl2N3O4S/c1-18-12-19(2)14-22(13-18)32(37(35,36)23-8-6-5-7-9-23)17-26(33)31(20(3)27(34)30-4)16-21-10-11-24(28)25(29)15-21/h5-15,20H,16-17H2,1-4H3,(H,30,34)/t20-/m0/s1. The zero-order valence-electron chi connectivity index (χ0n) is 21.0. The average Bonchev–Trinajstić information content (AvgIpc) is 2.86. The molecule has 0 fully saturated rings. The smallest absolute Gasteiger partial charge is 0.264 e. The Bertz CT molecular complexity index is 1380. The summed E-state index contributed by atoms with van der Waals surface area (Å²) in [6, 6.07) is 17.3. The number of carbonyl (C=O) groups excluding carboxylic acids is 2. The van der Waals surface area contributed by atoms with Gasteiger partial charge in [-0.1, -0.05) is 53.5 Å². The average molecular weight is 563 g/mol. The molecule has 3 aromatic carbocycles. The number of nitrogens with one attached hydrogen (secondary N) is 1. The van der Waals surface area contributed by atoms with Crippen LogP contribution in [0.3, 0.4) is 0 Å². The van der Waals surface area contributed by atoms with Crippen molar-refractivity contribution < 1.29 is 18.0 Å². The highest BCUT2D eigenvalue weighted by molar-refractivity contribution is 7.92. The Labute approximate surface area is 228 Å². The Morgan fingerprint density at radius 2 is 1.54 bits per heavy atom. The van der Waals surface area contributed by atoms with Crippen LogP contribution in [0.15, 0.2) is 71.6 Å². The fourth-order valence-corrected chi connectivity index (χ4v) is 5.71. The minimum atomic E-state index is -4.11. The van der Waals surface area contributed by atoms with Crippen LogP contribution in [0.5, 0.6) is 0 Å². The minimum Gasteiger partial charge on any atom is -0.357 e. The number of nitrogens with zero attached hydrogens (tertiary/aromatic N) is 2. The maximum atomic E-state index is 13.8. The first-order valence-electron chi connectivity index (χ1n) is 11.5. The number of anilines is 1. The van der Waals surface area contributed by atoms with E-state index >= 15 is 0 Å². The molecule has 2 amide bonds. The number of hydrogen-bond acceptors (Lipinski definition) is 4. The van der Waals surface area contributed by atoms with Crippen LogP contribution in [0.1, 0.15) is 23.6 Å². The maximum absolute atomic E-state index is 13.8. The second kappa shape index (κ2) is 12.0. The highest BCUT2D eigenvalue weighted by Gasteiger charge is 2.32. The fourth-order valence-electron chi connectivity index (χ4n) is 3.97. The number of hydrogen-bond donors (Lipinski definition) is 1. The van der Waals surface area contributed by atoms with E-state index in [4.69, 9.17) is 23.2 Å². The molecular weight excluding hydrogens is 533 g/mol. The molecule has 0 aliphatic carbocycles. The van der Waals surface area contributed by atoms with Crippen molar-refractivity contribution in [3.05, 3.63) is 93.5 Å². The quantitative estimate of drug-likeness (QED) is 0.399. The van der Waals surface area contributed by atoms with Crippen LogP contribution >= 0.6 is 23.2 Å². The van der Waals surface area contributed by atoms with E-state index in [9.17, 15) is 18.0 Å². The predicted octanol–water partition coefficient (Wildman–Crippen LogP) is 4.97. The third-order valence-electron chi connectivity index (χ3n) is 5.86.